The van der Waals surface area contributed by atoms with Gasteiger partial charge in [0.25, 0.3) is 0 Å². The van der Waals surface area contributed by atoms with Gasteiger partial charge < -0.3 is 16.0 Å². The van der Waals surface area contributed by atoms with E-state index in [4.69, 9.17) is 5.73 Å². The average Bonchev–Trinajstić information content (AvgIpc) is 2.50. The molecule has 0 radical (unpaired) electrons. The van der Waals surface area contributed by atoms with Crippen LogP contribution in [0.2, 0.25) is 0 Å². The molecule has 4 nitrogen and oxygen atoms in total. The summed E-state index contributed by atoms with van der Waals surface area (Å²) in [5.41, 5.74) is 5.80. The number of amides is 2. The van der Waals surface area contributed by atoms with Crippen molar-refractivity contribution in [3.63, 3.8) is 0 Å². The fraction of sp³-hybridized carbons (Fsp3) is 0.900. The van der Waals surface area contributed by atoms with Gasteiger partial charge in [-0.05, 0) is 33.1 Å². The van der Waals surface area contributed by atoms with Gasteiger partial charge >= 0.3 is 6.03 Å². The van der Waals surface area contributed by atoms with Gasteiger partial charge in [0, 0.05) is 25.2 Å². The van der Waals surface area contributed by atoms with Crippen molar-refractivity contribution < 1.29 is 4.79 Å². The summed E-state index contributed by atoms with van der Waals surface area (Å²) < 4.78 is 0. The zero-order valence-corrected chi connectivity index (χ0v) is 9.29. The van der Waals surface area contributed by atoms with Crippen LogP contribution in [0.15, 0.2) is 0 Å². The molecule has 1 aliphatic heterocycles. The maximum Gasteiger partial charge on any atom is 0.317 e. The fourth-order valence-electron chi connectivity index (χ4n) is 1.74. The van der Waals surface area contributed by atoms with Crippen molar-refractivity contribution in [3.8, 4) is 0 Å². The number of carbonyl (C=O) groups is 1. The Hall–Kier alpha value is -0.770. The zero-order valence-electron chi connectivity index (χ0n) is 9.29. The Balaban J connectivity index is 2.38. The van der Waals surface area contributed by atoms with E-state index in [9.17, 15) is 4.79 Å². The smallest absolute Gasteiger partial charge is 0.317 e. The van der Waals surface area contributed by atoms with Crippen molar-refractivity contribution in [2.75, 3.05) is 13.1 Å². The van der Waals surface area contributed by atoms with Crippen molar-refractivity contribution in [1.82, 2.24) is 10.2 Å². The Kier molecular flexibility index (Phi) is 3.75. The number of nitrogens with zero attached hydrogens (tertiary/aromatic N) is 1. The number of nitrogens with two attached hydrogens (primary N) is 1. The van der Waals surface area contributed by atoms with Crippen LogP contribution >= 0.6 is 0 Å². The molecule has 0 aromatic rings. The summed E-state index contributed by atoms with van der Waals surface area (Å²) in [5, 5.41) is 2.89. The molecule has 1 heterocycles. The lowest BCUT2D eigenvalue weighted by atomic mass is 10.0. The molecule has 1 rings (SSSR count). The highest BCUT2D eigenvalue weighted by Gasteiger charge is 2.28. The SMILES string of the molecule is CC(C)NC(=O)N1CCC(C(C)N)C1. The summed E-state index contributed by atoms with van der Waals surface area (Å²) in [7, 11) is 0. The number of rotatable bonds is 2. The van der Waals surface area contributed by atoms with Gasteiger partial charge in [0.05, 0.1) is 0 Å². The molecule has 2 unspecified atom stereocenters. The van der Waals surface area contributed by atoms with Crippen molar-refractivity contribution in [2.24, 2.45) is 11.7 Å². The standard InChI is InChI=1S/C10H21N3O/c1-7(2)12-10(14)13-5-4-9(6-13)8(3)11/h7-9H,4-6,11H2,1-3H3,(H,12,14). The summed E-state index contributed by atoms with van der Waals surface area (Å²) in [4.78, 5) is 13.5. The van der Waals surface area contributed by atoms with Crippen LogP contribution in [0.5, 0.6) is 0 Å². The number of hydrogen-bond donors (Lipinski definition) is 2. The molecule has 2 atom stereocenters. The molecule has 0 saturated carbocycles. The van der Waals surface area contributed by atoms with Gasteiger partial charge in [-0.3, -0.25) is 0 Å². The maximum atomic E-state index is 11.6. The summed E-state index contributed by atoms with van der Waals surface area (Å²) in [6, 6.07) is 0.437. The van der Waals surface area contributed by atoms with E-state index in [1.807, 2.05) is 25.7 Å². The van der Waals surface area contributed by atoms with Crippen molar-refractivity contribution in [3.05, 3.63) is 0 Å². The summed E-state index contributed by atoms with van der Waals surface area (Å²) in [6.45, 7) is 7.59. The lowest BCUT2D eigenvalue weighted by Crippen LogP contribution is -2.42. The van der Waals surface area contributed by atoms with E-state index in [-0.39, 0.29) is 18.1 Å². The first-order valence-corrected chi connectivity index (χ1v) is 5.31. The first-order valence-electron chi connectivity index (χ1n) is 5.31. The van der Waals surface area contributed by atoms with Crippen molar-refractivity contribution in [2.45, 2.75) is 39.3 Å². The van der Waals surface area contributed by atoms with Crippen LogP contribution in [0.4, 0.5) is 4.79 Å². The molecular formula is C10H21N3O. The van der Waals surface area contributed by atoms with Gasteiger partial charge in [0.2, 0.25) is 0 Å². The lowest BCUT2D eigenvalue weighted by molar-refractivity contribution is 0.204. The number of urea groups is 1. The van der Waals surface area contributed by atoms with Crippen LogP contribution in [-0.4, -0.2) is 36.1 Å². The molecule has 4 heteroatoms. The maximum absolute atomic E-state index is 11.6. The second kappa shape index (κ2) is 4.64. The molecule has 0 aromatic carbocycles. The normalized spacial score (nSPS) is 24.1. The highest BCUT2D eigenvalue weighted by molar-refractivity contribution is 5.74. The van der Waals surface area contributed by atoms with E-state index in [0.29, 0.717) is 5.92 Å². The minimum atomic E-state index is 0.0446. The quantitative estimate of drug-likeness (QED) is 0.690. The van der Waals surface area contributed by atoms with E-state index in [1.54, 1.807) is 0 Å². The molecule has 0 spiro atoms. The zero-order chi connectivity index (χ0) is 10.7. The number of carbonyl (C=O) groups excluding carboxylic acids is 1. The molecule has 1 fully saturated rings. The van der Waals surface area contributed by atoms with Gasteiger partial charge in [0.1, 0.15) is 0 Å². The molecule has 14 heavy (non-hydrogen) atoms. The van der Waals surface area contributed by atoms with Gasteiger partial charge in [0.15, 0.2) is 0 Å². The van der Waals surface area contributed by atoms with Crippen LogP contribution in [0.1, 0.15) is 27.2 Å². The predicted molar refractivity (Wildman–Crippen MR) is 57.0 cm³/mol. The minimum Gasteiger partial charge on any atom is -0.336 e. The number of nitrogens with one attached hydrogen (secondary N) is 1. The van der Waals surface area contributed by atoms with Gasteiger partial charge in [-0.1, -0.05) is 0 Å². The number of hydrogen-bond acceptors (Lipinski definition) is 2. The summed E-state index contributed by atoms with van der Waals surface area (Å²) >= 11 is 0. The Labute approximate surface area is 85.8 Å². The molecule has 1 saturated heterocycles. The second-order valence-corrected chi connectivity index (χ2v) is 4.46. The van der Waals surface area contributed by atoms with Crippen molar-refractivity contribution in [1.29, 1.82) is 0 Å². The van der Waals surface area contributed by atoms with Crippen LogP contribution in [0, 0.1) is 5.92 Å². The average molecular weight is 199 g/mol. The van der Waals surface area contributed by atoms with Crippen LogP contribution in [0.25, 0.3) is 0 Å². The van der Waals surface area contributed by atoms with E-state index in [2.05, 4.69) is 5.32 Å². The predicted octanol–water partition coefficient (Wildman–Crippen LogP) is 0.773. The highest BCUT2D eigenvalue weighted by Crippen LogP contribution is 2.18. The van der Waals surface area contributed by atoms with Crippen LogP contribution in [0.3, 0.4) is 0 Å². The molecule has 82 valence electrons. The molecule has 0 aliphatic carbocycles. The first kappa shape index (κ1) is 11.3. The highest BCUT2D eigenvalue weighted by atomic mass is 16.2. The van der Waals surface area contributed by atoms with E-state index < -0.39 is 0 Å². The van der Waals surface area contributed by atoms with Gasteiger partial charge in [-0.15, -0.1) is 0 Å². The van der Waals surface area contributed by atoms with Crippen molar-refractivity contribution >= 4 is 6.03 Å². The lowest BCUT2D eigenvalue weighted by Gasteiger charge is -2.20. The molecule has 2 amide bonds. The topological polar surface area (TPSA) is 58.4 Å². The van der Waals surface area contributed by atoms with E-state index in [0.717, 1.165) is 19.5 Å². The Morgan fingerprint density at radius 2 is 2.14 bits per heavy atom. The third kappa shape index (κ3) is 2.87. The summed E-state index contributed by atoms with van der Waals surface area (Å²) in [6.07, 6.45) is 1.03. The Morgan fingerprint density at radius 1 is 1.50 bits per heavy atom. The second-order valence-electron chi connectivity index (χ2n) is 4.46. The van der Waals surface area contributed by atoms with E-state index >= 15 is 0 Å². The third-order valence-corrected chi connectivity index (χ3v) is 2.67. The number of likely N-dealkylation sites (tertiary alicyclic amines) is 1. The molecular weight excluding hydrogens is 178 g/mol. The third-order valence-electron chi connectivity index (χ3n) is 2.67. The van der Waals surface area contributed by atoms with Gasteiger partial charge in [-0.2, -0.15) is 0 Å². The van der Waals surface area contributed by atoms with Crippen LogP contribution < -0.4 is 11.1 Å². The largest absolute Gasteiger partial charge is 0.336 e. The summed E-state index contributed by atoms with van der Waals surface area (Å²) in [5.74, 6) is 0.466. The Bertz CT molecular complexity index is 204. The molecule has 3 N–H and O–H groups in total. The minimum absolute atomic E-state index is 0.0446. The Morgan fingerprint density at radius 3 is 2.57 bits per heavy atom. The molecule has 1 aliphatic rings. The molecule has 0 bridgehead atoms. The fourth-order valence-corrected chi connectivity index (χ4v) is 1.74. The van der Waals surface area contributed by atoms with E-state index in [1.165, 1.54) is 0 Å². The van der Waals surface area contributed by atoms with Gasteiger partial charge in [-0.25, -0.2) is 4.79 Å². The molecule has 0 aromatic heterocycles. The monoisotopic (exact) mass is 199 g/mol. The van der Waals surface area contributed by atoms with Crippen LogP contribution in [-0.2, 0) is 0 Å². The first-order chi connectivity index (χ1) is 6.50.